The summed E-state index contributed by atoms with van der Waals surface area (Å²) in [7, 11) is 0. The predicted molar refractivity (Wildman–Crippen MR) is 108 cm³/mol. The van der Waals surface area contributed by atoms with Crippen LogP contribution in [0.5, 0.6) is 0 Å². The van der Waals surface area contributed by atoms with Crippen LogP contribution < -0.4 is 5.32 Å². The van der Waals surface area contributed by atoms with Gasteiger partial charge in [-0.15, -0.1) is 5.10 Å². The molecule has 28 heavy (non-hydrogen) atoms. The Labute approximate surface area is 167 Å². The maximum Gasteiger partial charge on any atom is 0.242 e. The number of benzene rings is 2. The highest BCUT2D eigenvalue weighted by Crippen LogP contribution is 2.40. The number of anilines is 1. The SMILES string of the molecule is CC(=O)c1cccc(NC(=O)C(Sc2n[nH]c(C3CC3)n2)c2ccccc2)c1. The molecule has 0 saturated heterocycles. The van der Waals surface area contributed by atoms with E-state index in [0.29, 0.717) is 22.3 Å². The van der Waals surface area contributed by atoms with Gasteiger partial charge in [-0.3, -0.25) is 14.7 Å². The molecular formula is C21H20N4O2S. The van der Waals surface area contributed by atoms with E-state index < -0.39 is 5.25 Å². The molecule has 0 spiro atoms. The van der Waals surface area contributed by atoms with Crippen molar-refractivity contribution in [3.8, 4) is 0 Å². The number of rotatable bonds is 7. The van der Waals surface area contributed by atoms with Crippen molar-refractivity contribution < 1.29 is 9.59 Å². The molecule has 1 fully saturated rings. The summed E-state index contributed by atoms with van der Waals surface area (Å²) in [6.45, 7) is 1.50. The van der Waals surface area contributed by atoms with Crippen LogP contribution in [-0.4, -0.2) is 26.9 Å². The fourth-order valence-electron chi connectivity index (χ4n) is 2.88. The van der Waals surface area contributed by atoms with Crippen LogP contribution >= 0.6 is 11.8 Å². The van der Waals surface area contributed by atoms with E-state index >= 15 is 0 Å². The fraction of sp³-hybridized carbons (Fsp3) is 0.238. The van der Waals surface area contributed by atoms with Gasteiger partial charge in [0.15, 0.2) is 5.78 Å². The molecule has 1 atom stereocenters. The summed E-state index contributed by atoms with van der Waals surface area (Å²) >= 11 is 1.31. The van der Waals surface area contributed by atoms with Crippen molar-refractivity contribution in [1.29, 1.82) is 0 Å². The first kappa shape index (κ1) is 18.4. The van der Waals surface area contributed by atoms with Crippen LogP contribution in [-0.2, 0) is 4.79 Å². The summed E-state index contributed by atoms with van der Waals surface area (Å²) in [5.41, 5.74) is 2.02. The van der Waals surface area contributed by atoms with Gasteiger partial charge in [0.2, 0.25) is 11.1 Å². The smallest absolute Gasteiger partial charge is 0.242 e. The Morgan fingerprint density at radius 2 is 1.93 bits per heavy atom. The van der Waals surface area contributed by atoms with E-state index in [1.807, 2.05) is 30.3 Å². The van der Waals surface area contributed by atoms with Crippen molar-refractivity contribution in [3.63, 3.8) is 0 Å². The van der Waals surface area contributed by atoms with Crippen molar-refractivity contribution in [2.24, 2.45) is 0 Å². The average Bonchev–Trinajstić information content (AvgIpc) is 3.45. The number of hydrogen-bond acceptors (Lipinski definition) is 5. The molecule has 2 N–H and O–H groups in total. The van der Waals surface area contributed by atoms with Crippen molar-refractivity contribution in [2.45, 2.75) is 36.1 Å². The molecule has 1 aliphatic rings. The van der Waals surface area contributed by atoms with E-state index in [1.165, 1.54) is 18.7 Å². The number of H-pyrrole nitrogens is 1. The second kappa shape index (κ2) is 7.98. The molecule has 6 nitrogen and oxygen atoms in total. The number of carbonyl (C=O) groups is 2. The van der Waals surface area contributed by atoms with E-state index in [1.54, 1.807) is 24.3 Å². The van der Waals surface area contributed by atoms with Crippen molar-refractivity contribution >= 4 is 29.1 Å². The van der Waals surface area contributed by atoms with Gasteiger partial charge in [0.25, 0.3) is 0 Å². The highest BCUT2D eigenvalue weighted by Gasteiger charge is 2.29. The number of aromatic nitrogens is 3. The number of hydrogen-bond donors (Lipinski definition) is 2. The number of ketones is 1. The molecule has 7 heteroatoms. The van der Waals surface area contributed by atoms with Gasteiger partial charge >= 0.3 is 0 Å². The third kappa shape index (κ3) is 4.31. The lowest BCUT2D eigenvalue weighted by Gasteiger charge is -2.15. The van der Waals surface area contributed by atoms with Crippen LogP contribution in [0.2, 0.25) is 0 Å². The Morgan fingerprint density at radius 1 is 1.14 bits per heavy atom. The zero-order valence-electron chi connectivity index (χ0n) is 15.4. The van der Waals surface area contributed by atoms with Crippen molar-refractivity contribution in [2.75, 3.05) is 5.32 Å². The third-order valence-corrected chi connectivity index (χ3v) is 5.66. The van der Waals surface area contributed by atoms with Crippen LogP contribution in [0.25, 0.3) is 0 Å². The molecule has 1 unspecified atom stereocenters. The zero-order chi connectivity index (χ0) is 19.5. The molecule has 4 rings (SSSR count). The second-order valence-electron chi connectivity index (χ2n) is 6.81. The Kier molecular flexibility index (Phi) is 5.25. The molecule has 1 heterocycles. The number of amides is 1. The van der Waals surface area contributed by atoms with Gasteiger partial charge in [-0.2, -0.15) is 0 Å². The molecular weight excluding hydrogens is 372 g/mol. The van der Waals surface area contributed by atoms with Gasteiger partial charge in [0.1, 0.15) is 11.1 Å². The summed E-state index contributed by atoms with van der Waals surface area (Å²) in [6, 6.07) is 16.5. The van der Waals surface area contributed by atoms with Crippen LogP contribution in [0.15, 0.2) is 59.8 Å². The molecule has 0 bridgehead atoms. The molecule has 2 aromatic carbocycles. The van der Waals surface area contributed by atoms with Gasteiger partial charge in [-0.25, -0.2) is 4.98 Å². The van der Waals surface area contributed by atoms with E-state index in [-0.39, 0.29) is 11.7 Å². The number of nitrogens with zero attached hydrogens (tertiary/aromatic N) is 2. The second-order valence-corrected chi connectivity index (χ2v) is 7.88. The number of nitrogens with one attached hydrogen (secondary N) is 2. The average molecular weight is 392 g/mol. The highest BCUT2D eigenvalue weighted by molar-refractivity contribution is 8.00. The van der Waals surface area contributed by atoms with Gasteiger partial charge in [-0.05, 0) is 37.5 Å². The van der Waals surface area contributed by atoms with Gasteiger partial charge in [0.05, 0.1) is 0 Å². The first-order chi connectivity index (χ1) is 13.6. The molecule has 1 amide bonds. The Morgan fingerprint density at radius 3 is 2.64 bits per heavy atom. The van der Waals surface area contributed by atoms with Gasteiger partial charge in [0, 0.05) is 17.2 Å². The van der Waals surface area contributed by atoms with Crippen LogP contribution in [0, 0.1) is 0 Å². The lowest BCUT2D eigenvalue weighted by molar-refractivity contribution is -0.115. The molecule has 0 aliphatic heterocycles. The maximum atomic E-state index is 13.1. The highest BCUT2D eigenvalue weighted by atomic mass is 32.2. The fourth-order valence-corrected chi connectivity index (χ4v) is 3.80. The number of carbonyl (C=O) groups excluding carboxylic acids is 2. The molecule has 3 aromatic rings. The minimum Gasteiger partial charge on any atom is -0.325 e. The first-order valence-corrected chi connectivity index (χ1v) is 10.0. The number of Topliss-reactive ketones (excluding diaryl/α,β-unsaturated/α-hetero) is 1. The minimum absolute atomic E-state index is 0.0431. The molecule has 1 aromatic heterocycles. The quantitative estimate of drug-likeness (QED) is 0.461. The van der Waals surface area contributed by atoms with Gasteiger partial charge < -0.3 is 5.32 Å². The molecule has 0 radical (unpaired) electrons. The van der Waals surface area contributed by atoms with Crippen LogP contribution in [0.3, 0.4) is 0 Å². The van der Waals surface area contributed by atoms with E-state index in [4.69, 9.17) is 0 Å². The molecule has 1 saturated carbocycles. The topological polar surface area (TPSA) is 87.7 Å². The summed E-state index contributed by atoms with van der Waals surface area (Å²) in [5.74, 6) is 1.14. The summed E-state index contributed by atoms with van der Waals surface area (Å²) in [5, 5.41) is 10.2. The number of aromatic amines is 1. The number of thioether (sulfide) groups is 1. The Hall–Kier alpha value is -2.93. The first-order valence-electron chi connectivity index (χ1n) is 9.16. The Bertz CT molecular complexity index is 998. The zero-order valence-corrected chi connectivity index (χ0v) is 16.2. The molecule has 142 valence electrons. The van der Waals surface area contributed by atoms with Crippen LogP contribution in [0.1, 0.15) is 52.7 Å². The predicted octanol–water partition coefficient (Wildman–Crippen LogP) is 4.36. The summed E-state index contributed by atoms with van der Waals surface area (Å²) < 4.78 is 0. The van der Waals surface area contributed by atoms with E-state index in [0.717, 1.165) is 24.2 Å². The van der Waals surface area contributed by atoms with E-state index in [9.17, 15) is 9.59 Å². The van der Waals surface area contributed by atoms with Crippen LogP contribution in [0.4, 0.5) is 5.69 Å². The maximum absolute atomic E-state index is 13.1. The Balaban J connectivity index is 1.56. The normalized spacial score (nSPS) is 14.5. The standard InChI is InChI=1S/C21H20N4O2S/c1-13(26)16-8-5-9-17(12-16)22-20(27)18(14-6-3-2-4-7-14)28-21-23-19(24-25-21)15-10-11-15/h2-9,12,15,18H,10-11H2,1H3,(H,22,27)(H,23,24,25). The lowest BCUT2D eigenvalue weighted by Crippen LogP contribution is -2.19. The summed E-state index contributed by atoms with van der Waals surface area (Å²) in [4.78, 5) is 29.2. The lowest BCUT2D eigenvalue weighted by atomic mass is 10.1. The monoisotopic (exact) mass is 392 g/mol. The van der Waals surface area contributed by atoms with Crippen molar-refractivity contribution in [1.82, 2.24) is 15.2 Å². The largest absolute Gasteiger partial charge is 0.325 e. The molecule has 1 aliphatic carbocycles. The van der Waals surface area contributed by atoms with E-state index in [2.05, 4.69) is 20.5 Å². The third-order valence-electron chi connectivity index (χ3n) is 4.55. The minimum atomic E-state index is -0.509. The van der Waals surface area contributed by atoms with Crippen molar-refractivity contribution in [3.05, 3.63) is 71.5 Å². The summed E-state index contributed by atoms with van der Waals surface area (Å²) in [6.07, 6.45) is 2.27. The van der Waals surface area contributed by atoms with Gasteiger partial charge in [-0.1, -0.05) is 54.2 Å².